The predicted molar refractivity (Wildman–Crippen MR) is 90.4 cm³/mol. The van der Waals surface area contributed by atoms with Crippen molar-refractivity contribution in [1.29, 1.82) is 0 Å². The number of hydrogen-bond donors (Lipinski definition) is 0. The summed E-state index contributed by atoms with van der Waals surface area (Å²) in [4.78, 5) is 19.1. The Balaban J connectivity index is 1.65. The van der Waals surface area contributed by atoms with Gasteiger partial charge in [-0.1, -0.05) is 23.4 Å². The number of rotatable bonds is 2. The zero-order chi connectivity index (χ0) is 17.2. The number of para-hydroxylation sites is 1. The SMILES string of the molecule is CC1COc2ccccc2CN1C(=O)c1cncc(-n2ccnn2)c1. The Morgan fingerprint density at radius 1 is 1.28 bits per heavy atom. The van der Waals surface area contributed by atoms with E-state index in [4.69, 9.17) is 4.74 Å². The molecule has 1 atom stereocenters. The molecule has 1 aromatic carbocycles. The molecule has 0 spiro atoms. The van der Waals surface area contributed by atoms with Gasteiger partial charge in [0.1, 0.15) is 12.4 Å². The molecule has 7 heteroatoms. The fourth-order valence-corrected chi connectivity index (χ4v) is 2.87. The number of aromatic nitrogens is 4. The minimum Gasteiger partial charge on any atom is -0.491 e. The van der Waals surface area contributed by atoms with Crippen LogP contribution >= 0.6 is 0 Å². The lowest BCUT2D eigenvalue weighted by atomic mass is 10.1. The molecule has 1 amide bonds. The standard InChI is InChI=1S/C18H17N5O2/c1-13-12-25-17-5-3-2-4-14(17)11-22(13)18(24)15-8-16(10-19-9-15)23-7-6-20-21-23/h2-10,13H,11-12H2,1H3. The maximum absolute atomic E-state index is 13.1. The maximum Gasteiger partial charge on any atom is 0.256 e. The molecule has 126 valence electrons. The van der Waals surface area contributed by atoms with Crippen LogP contribution in [0.4, 0.5) is 0 Å². The minimum atomic E-state index is -0.0812. The van der Waals surface area contributed by atoms with Gasteiger partial charge in [0.2, 0.25) is 0 Å². The fraction of sp³-hybridized carbons (Fsp3) is 0.222. The Morgan fingerprint density at radius 3 is 3.00 bits per heavy atom. The Morgan fingerprint density at radius 2 is 2.16 bits per heavy atom. The summed E-state index contributed by atoms with van der Waals surface area (Å²) in [6.45, 7) is 2.95. The van der Waals surface area contributed by atoms with Crippen LogP contribution in [0, 0.1) is 0 Å². The Labute approximate surface area is 144 Å². The van der Waals surface area contributed by atoms with Crippen LogP contribution in [0.2, 0.25) is 0 Å². The minimum absolute atomic E-state index is 0.0464. The van der Waals surface area contributed by atoms with E-state index in [9.17, 15) is 4.79 Å². The average molecular weight is 335 g/mol. The summed E-state index contributed by atoms with van der Waals surface area (Å²) >= 11 is 0. The third kappa shape index (κ3) is 2.96. The fourth-order valence-electron chi connectivity index (χ4n) is 2.87. The van der Waals surface area contributed by atoms with Crippen LogP contribution in [0.15, 0.2) is 55.1 Å². The van der Waals surface area contributed by atoms with Gasteiger partial charge in [0.05, 0.1) is 42.4 Å². The van der Waals surface area contributed by atoms with Gasteiger partial charge in [0.25, 0.3) is 5.91 Å². The summed E-state index contributed by atoms with van der Waals surface area (Å²) in [7, 11) is 0. The van der Waals surface area contributed by atoms with Gasteiger partial charge in [-0.3, -0.25) is 9.78 Å². The van der Waals surface area contributed by atoms with Crippen molar-refractivity contribution >= 4 is 5.91 Å². The molecule has 1 aliphatic heterocycles. The van der Waals surface area contributed by atoms with E-state index in [1.165, 1.54) is 0 Å². The van der Waals surface area contributed by atoms with Crippen molar-refractivity contribution in [3.8, 4) is 11.4 Å². The molecule has 2 aromatic heterocycles. The highest BCUT2D eigenvalue weighted by Crippen LogP contribution is 2.26. The smallest absolute Gasteiger partial charge is 0.256 e. The predicted octanol–water partition coefficient (Wildman–Crippen LogP) is 2.09. The zero-order valence-electron chi connectivity index (χ0n) is 13.7. The molecule has 25 heavy (non-hydrogen) atoms. The summed E-state index contributed by atoms with van der Waals surface area (Å²) in [6.07, 6.45) is 6.52. The molecular weight excluding hydrogens is 318 g/mol. The third-order valence-electron chi connectivity index (χ3n) is 4.24. The van der Waals surface area contributed by atoms with Crippen molar-refractivity contribution in [2.45, 2.75) is 19.5 Å². The average Bonchev–Trinajstić information content (AvgIpc) is 3.13. The van der Waals surface area contributed by atoms with Crippen LogP contribution in [0.25, 0.3) is 5.69 Å². The van der Waals surface area contributed by atoms with Crippen molar-refractivity contribution in [1.82, 2.24) is 24.9 Å². The van der Waals surface area contributed by atoms with E-state index in [1.54, 1.807) is 35.5 Å². The van der Waals surface area contributed by atoms with Gasteiger partial charge in [-0.05, 0) is 19.1 Å². The van der Waals surface area contributed by atoms with Gasteiger partial charge in [-0.25, -0.2) is 4.68 Å². The Hall–Kier alpha value is -3.22. The molecule has 0 radical (unpaired) electrons. The van der Waals surface area contributed by atoms with Gasteiger partial charge >= 0.3 is 0 Å². The molecule has 0 saturated heterocycles. The molecule has 0 saturated carbocycles. The maximum atomic E-state index is 13.1. The molecule has 7 nitrogen and oxygen atoms in total. The van der Waals surface area contributed by atoms with Crippen LogP contribution in [-0.2, 0) is 6.54 Å². The number of benzene rings is 1. The molecular formula is C18H17N5O2. The lowest BCUT2D eigenvalue weighted by molar-refractivity contribution is 0.0645. The number of pyridine rings is 1. The van der Waals surface area contributed by atoms with Gasteiger partial charge in [-0.2, -0.15) is 0 Å². The number of amides is 1. The number of fused-ring (bicyclic) bond motifs is 1. The molecule has 0 fully saturated rings. The Kier molecular flexibility index (Phi) is 3.89. The van der Waals surface area contributed by atoms with Crippen LogP contribution in [0.3, 0.4) is 0 Å². The number of hydrogen-bond acceptors (Lipinski definition) is 5. The van der Waals surface area contributed by atoms with Crippen molar-refractivity contribution < 1.29 is 9.53 Å². The first kappa shape index (κ1) is 15.3. The van der Waals surface area contributed by atoms with Crippen molar-refractivity contribution in [3.63, 3.8) is 0 Å². The molecule has 0 N–H and O–H groups in total. The highest BCUT2D eigenvalue weighted by atomic mass is 16.5. The number of ether oxygens (including phenoxy) is 1. The summed E-state index contributed by atoms with van der Waals surface area (Å²) in [5, 5.41) is 7.73. The highest BCUT2D eigenvalue weighted by Gasteiger charge is 2.26. The van der Waals surface area contributed by atoms with Crippen molar-refractivity contribution in [3.05, 3.63) is 66.2 Å². The normalized spacial score (nSPS) is 16.7. The zero-order valence-corrected chi connectivity index (χ0v) is 13.7. The van der Waals surface area contributed by atoms with E-state index in [-0.39, 0.29) is 11.9 Å². The van der Waals surface area contributed by atoms with E-state index in [0.717, 1.165) is 11.3 Å². The second-order valence-electron chi connectivity index (χ2n) is 5.98. The highest BCUT2D eigenvalue weighted by molar-refractivity contribution is 5.94. The lowest BCUT2D eigenvalue weighted by Gasteiger charge is -2.26. The van der Waals surface area contributed by atoms with Gasteiger partial charge in [0, 0.05) is 11.8 Å². The monoisotopic (exact) mass is 335 g/mol. The molecule has 3 heterocycles. The first-order valence-corrected chi connectivity index (χ1v) is 8.06. The van der Waals surface area contributed by atoms with E-state index < -0.39 is 0 Å². The van der Waals surface area contributed by atoms with Crippen LogP contribution in [-0.4, -0.2) is 43.4 Å². The molecule has 3 aromatic rings. The number of carbonyl (C=O) groups excluding carboxylic acids is 1. The summed E-state index contributed by atoms with van der Waals surface area (Å²) in [5.41, 5.74) is 2.21. The van der Waals surface area contributed by atoms with Crippen molar-refractivity contribution in [2.75, 3.05) is 6.61 Å². The largest absolute Gasteiger partial charge is 0.491 e. The van der Waals surface area contributed by atoms with E-state index >= 15 is 0 Å². The van der Waals surface area contributed by atoms with Crippen molar-refractivity contribution in [2.24, 2.45) is 0 Å². The molecule has 0 aliphatic carbocycles. The lowest BCUT2D eigenvalue weighted by Crippen LogP contribution is -2.39. The first-order valence-electron chi connectivity index (χ1n) is 8.06. The molecule has 0 bridgehead atoms. The molecule has 4 rings (SSSR count). The van der Waals surface area contributed by atoms with Crippen LogP contribution in [0.5, 0.6) is 5.75 Å². The van der Waals surface area contributed by atoms with E-state index in [1.807, 2.05) is 36.1 Å². The second kappa shape index (κ2) is 6.35. The quantitative estimate of drug-likeness (QED) is 0.717. The van der Waals surface area contributed by atoms with E-state index in [2.05, 4.69) is 15.3 Å². The van der Waals surface area contributed by atoms with E-state index in [0.29, 0.717) is 24.4 Å². The van der Waals surface area contributed by atoms with Gasteiger partial charge in [0.15, 0.2) is 0 Å². The van der Waals surface area contributed by atoms with Gasteiger partial charge in [-0.15, -0.1) is 5.10 Å². The van der Waals surface area contributed by atoms with Gasteiger partial charge < -0.3 is 9.64 Å². The second-order valence-corrected chi connectivity index (χ2v) is 5.98. The summed E-state index contributed by atoms with van der Waals surface area (Å²) in [5.74, 6) is 0.751. The van der Waals surface area contributed by atoms with Crippen LogP contribution in [0.1, 0.15) is 22.8 Å². The number of nitrogens with zero attached hydrogens (tertiary/aromatic N) is 5. The molecule has 1 unspecified atom stereocenters. The molecule has 1 aliphatic rings. The first-order chi connectivity index (χ1) is 12.2. The van der Waals surface area contributed by atoms with Crippen LogP contribution < -0.4 is 4.74 Å². The third-order valence-corrected chi connectivity index (χ3v) is 4.24. The summed E-state index contributed by atoms with van der Waals surface area (Å²) in [6, 6.07) is 9.53. The topological polar surface area (TPSA) is 73.1 Å². The summed E-state index contributed by atoms with van der Waals surface area (Å²) < 4.78 is 7.41. The number of carbonyl (C=O) groups is 1. The Bertz CT molecular complexity index is 894.